The third-order valence-electron chi connectivity index (χ3n) is 4.67. The maximum absolute atomic E-state index is 12.8. The number of anilines is 1. The molecular weight excluding hydrogens is 334 g/mol. The highest BCUT2D eigenvalue weighted by atomic mass is 16.5. The quantitative estimate of drug-likeness (QED) is 0.777. The fourth-order valence-electron chi connectivity index (χ4n) is 3.40. The molecule has 26 heavy (non-hydrogen) atoms. The predicted molar refractivity (Wildman–Crippen MR) is 97.3 cm³/mol. The van der Waals surface area contributed by atoms with Crippen LogP contribution in [0.4, 0.5) is 5.69 Å². The fraction of sp³-hybridized carbons (Fsp3) is 0.526. The molecule has 140 valence electrons. The van der Waals surface area contributed by atoms with Crippen molar-refractivity contribution < 1.29 is 19.1 Å². The Morgan fingerprint density at radius 1 is 1.31 bits per heavy atom. The molecule has 7 heteroatoms. The Balaban J connectivity index is 1.56. The Hall–Kier alpha value is -2.41. The number of fused-ring (bicyclic) bond motifs is 1. The number of benzene rings is 1. The van der Waals surface area contributed by atoms with E-state index in [2.05, 4.69) is 15.5 Å². The average Bonchev–Trinajstić information content (AvgIpc) is 2.60. The zero-order chi connectivity index (χ0) is 18.7. The summed E-state index contributed by atoms with van der Waals surface area (Å²) in [6.45, 7) is 5.72. The molecule has 0 bridgehead atoms. The minimum absolute atomic E-state index is 0.00311. The summed E-state index contributed by atoms with van der Waals surface area (Å²) in [5, 5.41) is 5.62. The van der Waals surface area contributed by atoms with Gasteiger partial charge in [-0.05, 0) is 58.0 Å². The van der Waals surface area contributed by atoms with Crippen LogP contribution in [0.5, 0.6) is 5.75 Å². The van der Waals surface area contributed by atoms with E-state index >= 15 is 0 Å². The van der Waals surface area contributed by atoms with Crippen LogP contribution in [0.2, 0.25) is 0 Å². The monoisotopic (exact) mass is 359 g/mol. The molecule has 0 aliphatic carbocycles. The summed E-state index contributed by atoms with van der Waals surface area (Å²) in [5.41, 5.74) is 1.14. The Morgan fingerprint density at radius 2 is 2.04 bits per heavy atom. The first-order valence-electron chi connectivity index (χ1n) is 9.05. The van der Waals surface area contributed by atoms with Crippen LogP contribution in [0.15, 0.2) is 18.2 Å². The van der Waals surface area contributed by atoms with Gasteiger partial charge in [-0.15, -0.1) is 0 Å². The van der Waals surface area contributed by atoms with Crippen LogP contribution in [-0.2, 0) is 9.59 Å². The normalized spacial score (nSPS) is 18.0. The number of nitrogens with zero attached hydrogens (tertiary/aromatic N) is 1. The molecule has 0 atom stereocenters. The Kier molecular flexibility index (Phi) is 5.56. The number of likely N-dealkylation sites (tertiary alicyclic amines) is 1. The summed E-state index contributed by atoms with van der Waals surface area (Å²) in [5.74, 6) is 0.425. The number of hydrogen-bond acceptors (Lipinski definition) is 5. The minimum atomic E-state index is -0.213. The van der Waals surface area contributed by atoms with Crippen molar-refractivity contribution in [2.75, 3.05) is 31.6 Å². The summed E-state index contributed by atoms with van der Waals surface area (Å²) in [6.07, 6.45) is 1.46. The second-order valence-electron chi connectivity index (χ2n) is 7.18. The van der Waals surface area contributed by atoms with Crippen molar-refractivity contribution in [1.29, 1.82) is 0 Å². The third kappa shape index (κ3) is 4.40. The van der Waals surface area contributed by atoms with E-state index < -0.39 is 0 Å². The number of carbonyl (C=O) groups excluding carboxylic acids is 3. The van der Waals surface area contributed by atoms with Gasteiger partial charge in [0.05, 0.1) is 12.2 Å². The van der Waals surface area contributed by atoms with Crippen molar-refractivity contribution in [3.8, 4) is 5.75 Å². The van der Waals surface area contributed by atoms with Crippen LogP contribution < -0.4 is 15.4 Å². The van der Waals surface area contributed by atoms with Gasteiger partial charge in [0.25, 0.3) is 5.91 Å². The van der Waals surface area contributed by atoms with Crippen molar-refractivity contribution >= 4 is 23.3 Å². The SMILES string of the molecule is CC(C)NC(=O)CN1CCC(C(=O)c2ccc3c(c2)NC(=O)CO3)CC1. The van der Waals surface area contributed by atoms with Gasteiger partial charge >= 0.3 is 0 Å². The topological polar surface area (TPSA) is 87.7 Å². The lowest BCUT2D eigenvalue weighted by molar-refractivity contribution is -0.123. The molecule has 2 aliphatic rings. The molecule has 1 aromatic rings. The third-order valence-corrected chi connectivity index (χ3v) is 4.67. The maximum Gasteiger partial charge on any atom is 0.262 e. The molecule has 1 saturated heterocycles. The van der Waals surface area contributed by atoms with E-state index in [1.54, 1.807) is 18.2 Å². The standard InChI is InChI=1S/C19H25N3O4/c1-12(2)20-17(23)10-22-7-5-13(6-8-22)19(25)14-3-4-16-15(9-14)21-18(24)11-26-16/h3-4,9,12-13H,5-8,10-11H2,1-2H3,(H,20,23)(H,21,24). The van der Waals surface area contributed by atoms with Gasteiger partial charge in [0.1, 0.15) is 5.75 Å². The average molecular weight is 359 g/mol. The Labute approximate surface area is 153 Å². The van der Waals surface area contributed by atoms with Crippen molar-refractivity contribution in [2.24, 2.45) is 5.92 Å². The Bertz CT molecular complexity index is 709. The highest BCUT2D eigenvalue weighted by Gasteiger charge is 2.27. The number of carbonyl (C=O) groups is 3. The van der Waals surface area contributed by atoms with Gasteiger partial charge in [-0.3, -0.25) is 19.3 Å². The second-order valence-corrected chi connectivity index (χ2v) is 7.18. The number of rotatable bonds is 5. The lowest BCUT2D eigenvalue weighted by Gasteiger charge is -2.31. The molecular formula is C19H25N3O4. The lowest BCUT2D eigenvalue weighted by Crippen LogP contribution is -2.44. The summed E-state index contributed by atoms with van der Waals surface area (Å²) in [6, 6.07) is 5.31. The number of nitrogens with one attached hydrogen (secondary N) is 2. The van der Waals surface area contributed by atoms with Crippen LogP contribution >= 0.6 is 0 Å². The van der Waals surface area contributed by atoms with E-state index in [1.807, 2.05) is 13.8 Å². The van der Waals surface area contributed by atoms with Crippen LogP contribution in [0.25, 0.3) is 0 Å². The molecule has 2 amide bonds. The van der Waals surface area contributed by atoms with Crippen molar-refractivity contribution in [3.05, 3.63) is 23.8 Å². The summed E-state index contributed by atoms with van der Waals surface area (Å²) in [4.78, 5) is 38.2. The minimum Gasteiger partial charge on any atom is -0.482 e. The molecule has 1 aromatic carbocycles. The van der Waals surface area contributed by atoms with Gasteiger partial charge in [-0.2, -0.15) is 0 Å². The first-order valence-corrected chi connectivity index (χ1v) is 9.05. The molecule has 2 aliphatic heterocycles. The number of ketones is 1. The smallest absolute Gasteiger partial charge is 0.262 e. The largest absolute Gasteiger partial charge is 0.482 e. The van der Waals surface area contributed by atoms with Gasteiger partial charge < -0.3 is 15.4 Å². The molecule has 0 radical (unpaired) electrons. The van der Waals surface area contributed by atoms with Crippen molar-refractivity contribution in [2.45, 2.75) is 32.7 Å². The number of piperidine rings is 1. The zero-order valence-electron chi connectivity index (χ0n) is 15.2. The van der Waals surface area contributed by atoms with E-state index in [-0.39, 0.29) is 36.2 Å². The van der Waals surface area contributed by atoms with Gasteiger partial charge in [0.2, 0.25) is 5.91 Å². The van der Waals surface area contributed by atoms with Gasteiger partial charge in [-0.25, -0.2) is 0 Å². The highest BCUT2D eigenvalue weighted by molar-refractivity contribution is 6.01. The zero-order valence-corrected chi connectivity index (χ0v) is 15.2. The first kappa shape index (κ1) is 18.4. The van der Waals surface area contributed by atoms with E-state index in [1.165, 1.54) is 0 Å². The van der Waals surface area contributed by atoms with Crippen LogP contribution in [0.3, 0.4) is 0 Å². The molecule has 0 spiro atoms. The van der Waals surface area contributed by atoms with Crippen molar-refractivity contribution in [1.82, 2.24) is 10.2 Å². The lowest BCUT2D eigenvalue weighted by atomic mass is 9.88. The van der Waals surface area contributed by atoms with Crippen LogP contribution in [-0.4, -0.2) is 54.8 Å². The maximum atomic E-state index is 12.8. The van der Waals surface area contributed by atoms with Gasteiger partial charge in [0.15, 0.2) is 12.4 Å². The number of hydrogen-bond donors (Lipinski definition) is 2. The molecule has 7 nitrogen and oxygen atoms in total. The fourth-order valence-corrected chi connectivity index (χ4v) is 3.40. The summed E-state index contributed by atoms with van der Waals surface area (Å²) >= 11 is 0. The number of ether oxygens (including phenoxy) is 1. The first-order chi connectivity index (χ1) is 12.4. The molecule has 0 unspecified atom stereocenters. The van der Waals surface area contributed by atoms with Crippen LogP contribution in [0, 0.1) is 5.92 Å². The number of amides is 2. The summed E-state index contributed by atoms with van der Waals surface area (Å²) in [7, 11) is 0. The molecule has 1 fully saturated rings. The molecule has 2 heterocycles. The van der Waals surface area contributed by atoms with E-state index in [0.29, 0.717) is 23.5 Å². The highest BCUT2D eigenvalue weighted by Crippen LogP contribution is 2.30. The van der Waals surface area contributed by atoms with Crippen LogP contribution in [0.1, 0.15) is 37.0 Å². The van der Waals surface area contributed by atoms with Gasteiger partial charge in [-0.1, -0.05) is 0 Å². The predicted octanol–water partition coefficient (Wildman–Crippen LogP) is 1.44. The second kappa shape index (κ2) is 7.86. The molecule has 0 aromatic heterocycles. The van der Waals surface area contributed by atoms with E-state index in [0.717, 1.165) is 25.9 Å². The van der Waals surface area contributed by atoms with E-state index in [9.17, 15) is 14.4 Å². The number of Topliss-reactive ketones (excluding diaryl/α,β-unsaturated/α-hetero) is 1. The Morgan fingerprint density at radius 3 is 2.73 bits per heavy atom. The summed E-state index contributed by atoms with van der Waals surface area (Å²) < 4.78 is 5.33. The molecule has 3 rings (SSSR count). The van der Waals surface area contributed by atoms with Crippen molar-refractivity contribution in [3.63, 3.8) is 0 Å². The van der Waals surface area contributed by atoms with Gasteiger partial charge in [0, 0.05) is 17.5 Å². The molecule has 0 saturated carbocycles. The molecule has 2 N–H and O–H groups in total. The van der Waals surface area contributed by atoms with E-state index in [4.69, 9.17) is 4.74 Å².